The van der Waals surface area contributed by atoms with E-state index in [4.69, 9.17) is 5.84 Å². The maximum Gasteiger partial charge on any atom is 0.0740 e. The molecule has 0 aliphatic rings. The van der Waals surface area contributed by atoms with Gasteiger partial charge in [0.2, 0.25) is 0 Å². The number of aromatic nitrogens is 2. The Kier molecular flexibility index (Phi) is 3.56. The molecule has 0 aliphatic carbocycles. The highest BCUT2D eigenvalue weighted by atomic mass is 79.9. The molecule has 0 radical (unpaired) electrons. The van der Waals surface area contributed by atoms with Gasteiger partial charge in [-0.2, -0.15) is 5.10 Å². The molecule has 2 aromatic carbocycles. The summed E-state index contributed by atoms with van der Waals surface area (Å²) >= 11 is 3.49. The van der Waals surface area contributed by atoms with E-state index < -0.39 is 0 Å². The van der Waals surface area contributed by atoms with E-state index in [0.717, 1.165) is 15.6 Å². The summed E-state index contributed by atoms with van der Waals surface area (Å²) in [6.07, 6.45) is 3.80. The van der Waals surface area contributed by atoms with Crippen LogP contribution in [0.4, 0.5) is 0 Å². The SMILES string of the molecule is Cn1cc(C(NN)c2ccc3cc(Br)ccc3c2)cn1. The summed E-state index contributed by atoms with van der Waals surface area (Å²) in [5.41, 5.74) is 5.03. The summed E-state index contributed by atoms with van der Waals surface area (Å²) in [5.74, 6) is 5.72. The molecule has 3 aromatic rings. The van der Waals surface area contributed by atoms with E-state index in [1.54, 1.807) is 4.68 Å². The first kappa shape index (κ1) is 13.3. The second-order valence-corrected chi connectivity index (χ2v) is 5.71. The number of rotatable bonds is 3. The summed E-state index contributed by atoms with van der Waals surface area (Å²) in [6, 6.07) is 12.5. The average Bonchev–Trinajstić information content (AvgIpc) is 2.86. The Hall–Kier alpha value is -1.69. The molecule has 0 fully saturated rings. The van der Waals surface area contributed by atoms with Gasteiger partial charge in [0.1, 0.15) is 0 Å². The molecular formula is C15H15BrN4. The van der Waals surface area contributed by atoms with Crippen molar-refractivity contribution in [1.82, 2.24) is 15.2 Å². The highest BCUT2D eigenvalue weighted by molar-refractivity contribution is 9.10. The lowest BCUT2D eigenvalue weighted by Gasteiger charge is -2.15. The van der Waals surface area contributed by atoms with E-state index in [0.29, 0.717) is 0 Å². The van der Waals surface area contributed by atoms with Crippen LogP contribution in [0.5, 0.6) is 0 Å². The molecule has 1 atom stereocenters. The number of aryl methyl sites for hydroxylation is 1. The molecule has 1 heterocycles. The van der Waals surface area contributed by atoms with E-state index >= 15 is 0 Å². The number of halogens is 1. The van der Waals surface area contributed by atoms with Crippen molar-refractivity contribution in [3.63, 3.8) is 0 Å². The standard InChI is InChI=1S/C15H15BrN4/c1-20-9-13(8-18-20)15(19-17)12-3-2-11-7-14(16)5-4-10(11)6-12/h2-9,15,19H,17H2,1H3. The Morgan fingerprint density at radius 2 is 1.90 bits per heavy atom. The Labute approximate surface area is 125 Å². The molecule has 0 bridgehead atoms. The van der Waals surface area contributed by atoms with Crippen LogP contribution in [-0.4, -0.2) is 9.78 Å². The zero-order chi connectivity index (χ0) is 14.1. The molecule has 0 saturated heterocycles. The van der Waals surface area contributed by atoms with Crippen LogP contribution in [0, 0.1) is 0 Å². The van der Waals surface area contributed by atoms with Gasteiger partial charge in [0.15, 0.2) is 0 Å². The number of benzene rings is 2. The maximum atomic E-state index is 5.72. The van der Waals surface area contributed by atoms with E-state index in [2.05, 4.69) is 56.8 Å². The molecule has 1 unspecified atom stereocenters. The lowest BCUT2D eigenvalue weighted by molar-refractivity contribution is 0.636. The molecule has 3 N–H and O–H groups in total. The fraction of sp³-hybridized carbons (Fsp3) is 0.133. The van der Waals surface area contributed by atoms with Crippen molar-refractivity contribution in [1.29, 1.82) is 0 Å². The summed E-state index contributed by atoms with van der Waals surface area (Å²) in [6.45, 7) is 0. The van der Waals surface area contributed by atoms with Gasteiger partial charge in [0, 0.05) is 23.3 Å². The van der Waals surface area contributed by atoms with Crippen LogP contribution in [0.1, 0.15) is 17.2 Å². The fourth-order valence-corrected chi connectivity index (χ4v) is 2.77. The summed E-state index contributed by atoms with van der Waals surface area (Å²) in [5, 5.41) is 6.59. The molecule has 0 aliphatic heterocycles. The van der Waals surface area contributed by atoms with Gasteiger partial charge < -0.3 is 0 Å². The van der Waals surface area contributed by atoms with Crippen molar-refractivity contribution in [2.45, 2.75) is 6.04 Å². The number of hydrazine groups is 1. The fourth-order valence-electron chi connectivity index (χ4n) is 2.39. The molecule has 0 amide bonds. The first-order valence-corrected chi connectivity index (χ1v) is 7.10. The molecule has 4 nitrogen and oxygen atoms in total. The van der Waals surface area contributed by atoms with Crippen LogP contribution >= 0.6 is 15.9 Å². The van der Waals surface area contributed by atoms with E-state index in [-0.39, 0.29) is 6.04 Å². The Morgan fingerprint density at radius 3 is 2.60 bits per heavy atom. The third-order valence-corrected chi connectivity index (χ3v) is 3.88. The van der Waals surface area contributed by atoms with Crippen LogP contribution in [0.3, 0.4) is 0 Å². The normalized spacial score (nSPS) is 12.8. The van der Waals surface area contributed by atoms with Crippen molar-refractivity contribution < 1.29 is 0 Å². The van der Waals surface area contributed by atoms with Crippen LogP contribution in [0.25, 0.3) is 10.8 Å². The van der Waals surface area contributed by atoms with Crippen molar-refractivity contribution in [2.75, 3.05) is 0 Å². The van der Waals surface area contributed by atoms with Crippen molar-refractivity contribution >= 4 is 26.7 Å². The number of hydrogen-bond donors (Lipinski definition) is 2. The number of fused-ring (bicyclic) bond motifs is 1. The first-order valence-electron chi connectivity index (χ1n) is 6.31. The first-order chi connectivity index (χ1) is 9.67. The lowest BCUT2D eigenvalue weighted by atomic mass is 9.99. The largest absolute Gasteiger partial charge is 0.275 e. The Morgan fingerprint density at radius 1 is 1.15 bits per heavy atom. The molecule has 3 rings (SSSR count). The van der Waals surface area contributed by atoms with Crippen LogP contribution in [0.2, 0.25) is 0 Å². The van der Waals surface area contributed by atoms with E-state index in [1.807, 2.05) is 25.5 Å². The highest BCUT2D eigenvalue weighted by Gasteiger charge is 2.14. The second kappa shape index (κ2) is 5.36. The van der Waals surface area contributed by atoms with Gasteiger partial charge in [0.05, 0.1) is 12.2 Å². The van der Waals surface area contributed by atoms with Crippen LogP contribution < -0.4 is 11.3 Å². The average molecular weight is 331 g/mol. The molecule has 20 heavy (non-hydrogen) atoms. The molecule has 1 aromatic heterocycles. The predicted octanol–water partition coefficient (Wildman–Crippen LogP) is 2.89. The molecule has 0 saturated carbocycles. The topological polar surface area (TPSA) is 55.9 Å². The zero-order valence-electron chi connectivity index (χ0n) is 11.0. The minimum atomic E-state index is -0.0586. The second-order valence-electron chi connectivity index (χ2n) is 4.80. The quantitative estimate of drug-likeness (QED) is 0.573. The van der Waals surface area contributed by atoms with Gasteiger partial charge in [-0.05, 0) is 34.5 Å². The predicted molar refractivity (Wildman–Crippen MR) is 84.0 cm³/mol. The number of hydrogen-bond acceptors (Lipinski definition) is 3. The minimum Gasteiger partial charge on any atom is -0.275 e. The van der Waals surface area contributed by atoms with Gasteiger partial charge >= 0.3 is 0 Å². The van der Waals surface area contributed by atoms with Crippen LogP contribution in [0.15, 0.2) is 53.3 Å². The molecule has 102 valence electrons. The van der Waals surface area contributed by atoms with E-state index in [9.17, 15) is 0 Å². The smallest absolute Gasteiger partial charge is 0.0740 e. The highest BCUT2D eigenvalue weighted by Crippen LogP contribution is 2.26. The lowest BCUT2D eigenvalue weighted by Crippen LogP contribution is -2.28. The molecule has 0 spiro atoms. The Balaban J connectivity index is 2.05. The maximum absolute atomic E-state index is 5.72. The van der Waals surface area contributed by atoms with Gasteiger partial charge in [-0.3, -0.25) is 10.5 Å². The molecule has 5 heteroatoms. The zero-order valence-corrected chi connectivity index (χ0v) is 12.6. The summed E-state index contributed by atoms with van der Waals surface area (Å²) in [4.78, 5) is 0. The van der Waals surface area contributed by atoms with Crippen molar-refractivity contribution in [3.8, 4) is 0 Å². The van der Waals surface area contributed by atoms with Gasteiger partial charge in [0.25, 0.3) is 0 Å². The van der Waals surface area contributed by atoms with Gasteiger partial charge in [-0.15, -0.1) is 0 Å². The third kappa shape index (κ3) is 2.47. The van der Waals surface area contributed by atoms with Gasteiger partial charge in [-0.25, -0.2) is 5.43 Å². The molecular weight excluding hydrogens is 316 g/mol. The van der Waals surface area contributed by atoms with Gasteiger partial charge in [-0.1, -0.05) is 34.1 Å². The van der Waals surface area contributed by atoms with Crippen molar-refractivity contribution in [2.24, 2.45) is 12.9 Å². The third-order valence-electron chi connectivity index (χ3n) is 3.38. The Bertz CT molecular complexity index is 750. The summed E-state index contributed by atoms with van der Waals surface area (Å²) < 4.78 is 2.86. The summed E-state index contributed by atoms with van der Waals surface area (Å²) in [7, 11) is 1.90. The monoisotopic (exact) mass is 330 g/mol. The number of nitrogens with zero attached hydrogens (tertiary/aromatic N) is 2. The van der Waals surface area contributed by atoms with Crippen molar-refractivity contribution in [3.05, 3.63) is 64.4 Å². The van der Waals surface area contributed by atoms with E-state index in [1.165, 1.54) is 10.8 Å². The minimum absolute atomic E-state index is 0.0586. The number of nitrogens with two attached hydrogens (primary N) is 1. The van der Waals surface area contributed by atoms with Crippen LogP contribution in [-0.2, 0) is 7.05 Å². The number of nitrogens with one attached hydrogen (secondary N) is 1.